The summed E-state index contributed by atoms with van der Waals surface area (Å²) in [6.07, 6.45) is 1.43. The maximum Gasteiger partial charge on any atom is 0.178 e. The molecule has 5 heteroatoms. The lowest BCUT2D eigenvalue weighted by molar-refractivity contribution is -0.107. The number of hydrogen-bond acceptors (Lipinski definition) is 3. The fraction of sp³-hybridized carbons (Fsp3) is 0.364. The van der Waals surface area contributed by atoms with E-state index in [-0.39, 0.29) is 10.3 Å². The normalized spacial score (nSPS) is 13.6. The van der Waals surface area contributed by atoms with Crippen molar-refractivity contribution in [3.05, 3.63) is 21.9 Å². The molecule has 0 aliphatic carbocycles. The fourth-order valence-corrected chi connectivity index (χ4v) is 2.13. The number of rotatable bonds is 3. The van der Waals surface area contributed by atoms with Crippen molar-refractivity contribution in [3.8, 4) is 11.5 Å². The van der Waals surface area contributed by atoms with E-state index >= 15 is 0 Å². The van der Waals surface area contributed by atoms with Crippen LogP contribution in [-0.2, 0) is 11.2 Å². The molecule has 2 rings (SSSR count). The highest BCUT2D eigenvalue weighted by molar-refractivity contribution is 9.10. The van der Waals surface area contributed by atoms with E-state index in [9.17, 15) is 9.18 Å². The monoisotopic (exact) mass is 288 g/mol. The van der Waals surface area contributed by atoms with Gasteiger partial charge in [0.1, 0.15) is 25.3 Å². The van der Waals surface area contributed by atoms with Gasteiger partial charge in [-0.15, -0.1) is 0 Å². The van der Waals surface area contributed by atoms with Crippen LogP contribution in [0.4, 0.5) is 4.39 Å². The van der Waals surface area contributed by atoms with Crippen LogP contribution in [0.5, 0.6) is 11.5 Å². The standard InChI is InChI=1S/C11H10BrFO3/c12-9-10(13)7(2-1-3-14)6-8-11(9)16-5-4-15-8/h3,6H,1-2,4-5H2. The zero-order chi connectivity index (χ0) is 11.5. The number of benzene rings is 1. The minimum absolute atomic E-state index is 0.269. The van der Waals surface area contributed by atoms with Crippen molar-refractivity contribution in [1.29, 1.82) is 0 Å². The molecule has 1 heterocycles. The van der Waals surface area contributed by atoms with E-state index in [1.807, 2.05) is 0 Å². The Hall–Kier alpha value is -1.10. The molecule has 0 unspecified atom stereocenters. The number of aryl methyl sites for hydroxylation is 1. The molecule has 3 nitrogen and oxygen atoms in total. The second-order valence-corrected chi connectivity index (χ2v) is 4.19. The minimum Gasteiger partial charge on any atom is -0.486 e. The first kappa shape index (κ1) is 11.4. The highest BCUT2D eigenvalue weighted by Gasteiger charge is 2.21. The molecule has 0 atom stereocenters. The Morgan fingerprint density at radius 1 is 1.44 bits per heavy atom. The number of aldehydes is 1. The molecule has 0 bridgehead atoms. The van der Waals surface area contributed by atoms with Gasteiger partial charge < -0.3 is 14.3 Å². The summed E-state index contributed by atoms with van der Waals surface area (Å²) in [6, 6.07) is 1.60. The van der Waals surface area contributed by atoms with Crippen LogP contribution < -0.4 is 9.47 Å². The molecule has 0 saturated carbocycles. The van der Waals surface area contributed by atoms with Gasteiger partial charge in [0.15, 0.2) is 11.5 Å². The molecular weight excluding hydrogens is 279 g/mol. The summed E-state index contributed by atoms with van der Waals surface area (Å²) < 4.78 is 24.8. The third-order valence-corrected chi connectivity index (χ3v) is 3.03. The quantitative estimate of drug-likeness (QED) is 0.802. The molecule has 0 fully saturated rings. The van der Waals surface area contributed by atoms with Crippen molar-refractivity contribution >= 4 is 22.2 Å². The van der Waals surface area contributed by atoms with Gasteiger partial charge in [0.05, 0.1) is 4.47 Å². The van der Waals surface area contributed by atoms with Gasteiger partial charge in [0, 0.05) is 6.42 Å². The van der Waals surface area contributed by atoms with E-state index in [1.165, 1.54) is 0 Å². The summed E-state index contributed by atoms with van der Waals surface area (Å²) in [5, 5.41) is 0. The molecule has 0 saturated heterocycles. The van der Waals surface area contributed by atoms with E-state index in [1.54, 1.807) is 6.07 Å². The molecule has 1 aromatic carbocycles. The van der Waals surface area contributed by atoms with Crippen molar-refractivity contribution in [1.82, 2.24) is 0 Å². The minimum atomic E-state index is -0.383. The van der Waals surface area contributed by atoms with Crippen molar-refractivity contribution < 1.29 is 18.7 Å². The first-order valence-corrected chi connectivity index (χ1v) is 5.73. The molecule has 0 spiro atoms. The fourth-order valence-electron chi connectivity index (χ4n) is 1.57. The number of hydrogen-bond donors (Lipinski definition) is 0. The highest BCUT2D eigenvalue weighted by atomic mass is 79.9. The maximum atomic E-state index is 13.8. The highest BCUT2D eigenvalue weighted by Crippen LogP contribution is 2.40. The Bertz CT molecular complexity index is 420. The zero-order valence-corrected chi connectivity index (χ0v) is 10.0. The lowest BCUT2D eigenvalue weighted by Crippen LogP contribution is -2.16. The lowest BCUT2D eigenvalue weighted by Gasteiger charge is -2.21. The van der Waals surface area contributed by atoms with Gasteiger partial charge in [0.25, 0.3) is 0 Å². The Kier molecular flexibility index (Phi) is 3.43. The van der Waals surface area contributed by atoms with E-state index in [0.29, 0.717) is 43.1 Å². The Balaban J connectivity index is 2.39. The van der Waals surface area contributed by atoms with Crippen LogP contribution in [0.25, 0.3) is 0 Å². The van der Waals surface area contributed by atoms with E-state index < -0.39 is 0 Å². The third kappa shape index (κ3) is 2.04. The van der Waals surface area contributed by atoms with Gasteiger partial charge in [-0.05, 0) is 34.0 Å². The van der Waals surface area contributed by atoms with Crippen molar-refractivity contribution in [2.75, 3.05) is 13.2 Å². The third-order valence-electron chi connectivity index (χ3n) is 2.32. The average molecular weight is 289 g/mol. The SMILES string of the molecule is O=CCCc1cc2c(c(Br)c1F)OCCO2. The summed E-state index contributed by atoms with van der Waals surface area (Å²) in [5.41, 5.74) is 0.461. The van der Waals surface area contributed by atoms with Gasteiger partial charge >= 0.3 is 0 Å². The topological polar surface area (TPSA) is 35.5 Å². The van der Waals surface area contributed by atoms with E-state index in [4.69, 9.17) is 9.47 Å². The Labute approximate surface area is 101 Å². The molecule has 0 N–H and O–H groups in total. The van der Waals surface area contributed by atoms with Gasteiger partial charge in [-0.2, -0.15) is 0 Å². The molecule has 1 aromatic rings. The molecule has 0 aromatic heterocycles. The first-order valence-electron chi connectivity index (χ1n) is 4.94. The number of ether oxygens (including phenoxy) is 2. The molecule has 86 valence electrons. The Morgan fingerprint density at radius 3 is 2.94 bits per heavy atom. The predicted octanol–water partition coefficient (Wildman–Crippen LogP) is 2.49. The smallest absolute Gasteiger partial charge is 0.178 e. The average Bonchev–Trinajstić information content (AvgIpc) is 2.32. The predicted molar refractivity (Wildman–Crippen MR) is 59.5 cm³/mol. The van der Waals surface area contributed by atoms with Gasteiger partial charge in [-0.25, -0.2) is 4.39 Å². The summed E-state index contributed by atoms with van der Waals surface area (Å²) in [7, 11) is 0. The van der Waals surface area contributed by atoms with E-state index in [2.05, 4.69) is 15.9 Å². The number of carbonyl (C=O) groups is 1. The lowest BCUT2D eigenvalue weighted by atomic mass is 10.1. The summed E-state index contributed by atoms with van der Waals surface area (Å²) >= 11 is 3.14. The van der Waals surface area contributed by atoms with E-state index in [0.717, 1.165) is 6.29 Å². The summed E-state index contributed by atoms with van der Waals surface area (Å²) in [5.74, 6) is 0.546. The van der Waals surface area contributed by atoms with Crippen LogP contribution in [0.1, 0.15) is 12.0 Å². The van der Waals surface area contributed by atoms with Crippen LogP contribution in [0.2, 0.25) is 0 Å². The Morgan fingerprint density at radius 2 is 2.19 bits per heavy atom. The van der Waals surface area contributed by atoms with Crippen LogP contribution in [0, 0.1) is 5.82 Å². The van der Waals surface area contributed by atoms with Gasteiger partial charge in [-0.3, -0.25) is 0 Å². The van der Waals surface area contributed by atoms with Crippen molar-refractivity contribution in [2.45, 2.75) is 12.8 Å². The molecule has 0 amide bonds. The summed E-state index contributed by atoms with van der Waals surface area (Å²) in [4.78, 5) is 10.3. The van der Waals surface area contributed by atoms with Crippen LogP contribution in [0.15, 0.2) is 10.5 Å². The molecule has 16 heavy (non-hydrogen) atoms. The number of fused-ring (bicyclic) bond motifs is 1. The van der Waals surface area contributed by atoms with Crippen LogP contribution in [-0.4, -0.2) is 19.5 Å². The zero-order valence-electron chi connectivity index (χ0n) is 8.46. The number of carbonyl (C=O) groups excluding carboxylic acids is 1. The molecule has 1 aliphatic heterocycles. The largest absolute Gasteiger partial charge is 0.486 e. The van der Waals surface area contributed by atoms with Crippen molar-refractivity contribution in [2.24, 2.45) is 0 Å². The van der Waals surface area contributed by atoms with Crippen molar-refractivity contribution in [3.63, 3.8) is 0 Å². The van der Waals surface area contributed by atoms with Crippen LogP contribution in [0.3, 0.4) is 0 Å². The van der Waals surface area contributed by atoms with Crippen LogP contribution >= 0.6 is 15.9 Å². The maximum absolute atomic E-state index is 13.8. The molecule has 0 radical (unpaired) electrons. The number of halogens is 2. The summed E-state index contributed by atoms with van der Waals surface area (Å²) in [6.45, 7) is 0.872. The second-order valence-electron chi connectivity index (χ2n) is 3.39. The second kappa shape index (κ2) is 4.82. The van der Waals surface area contributed by atoms with Gasteiger partial charge in [0.2, 0.25) is 0 Å². The first-order chi connectivity index (χ1) is 7.74. The molecular formula is C11H10BrFO3. The molecule has 1 aliphatic rings. The van der Waals surface area contributed by atoms with Gasteiger partial charge in [-0.1, -0.05) is 0 Å².